The van der Waals surface area contributed by atoms with E-state index in [-0.39, 0.29) is 10.7 Å². The van der Waals surface area contributed by atoms with Gasteiger partial charge in [-0.15, -0.1) is 0 Å². The van der Waals surface area contributed by atoms with E-state index in [9.17, 15) is 17.6 Å². The van der Waals surface area contributed by atoms with Crippen LogP contribution in [0, 0.1) is 12.7 Å². The number of methoxy groups -OCH3 is 1. The quantitative estimate of drug-likeness (QED) is 0.597. The van der Waals surface area contributed by atoms with Crippen molar-refractivity contribution in [2.24, 2.45) is 0 Å². The first kappa shape index (κ1) is 21.5. The average Bonchev–Trinajstić information content (AvgIpc) is 3.16. The Bertz CT molecular complexity index is 1180. The van der Waals surface area contributed by atoms with Crippen molar-refractivity contribution in [3.63, 3.8) is 0 Å². The lowest BCUT2D eigenvalue weighted by Crippen LogP contribution is -2.35. The third-order valence-corrected chi connectivity index (χ3v) is 6.22. The second-order valence-corrected chi connectivity index (χ2v) is 8.66. The summed E-state index contributed by atoms with van der Waals surface area (Å²) in [5, 5.41) is 9.19. The summed E-state index contributed by atoms with van der Waals surface area (Å²) in [5.74, 6) is -0.191. The van der Waals surface area contributed by atoms with Crippen LogP contribution in [-0.2, 0) is 14.8 Å². The highest BCUT2D eigenvalue weighted by molar-refractivity contribution is 7.89. The molecule has 0 unspecified atom stereocenters. The van der Waals surface area contributed by atoms with Gasteiger partial charge in [-0.25, -0.2) is 12.8 Å². The number of sulfonamides is 1. The second kappa shape index (κ2) is 8.64. The van der Waals surface area contributed by atoms with E-state index in [0.717, 1.165) is 4.31 Å². The fourth-order valence-corrected chi connectivity index (χ4v) is 4.06. The zero-order chi connectivity index (χ0) is 21.9. The molecule has 0 aliphatic carbocycles. The number of likely N-dealkylation sites (N-methyl/N-ethyl adjacent to an activating group) is 1. The summed E-state index contributed by atoms with van der Waals surface area (Å²) in [6.07, 6.45) is 0. The Morgan fingerprint density at radius 3 is 2.67 bits per heavy atom. The van der Waals surface area contributed by atoms with E-state index in [1.807, 2.05) is 0 Å². The fourth-order valence-electron chi connectivity index (χ4n) is 2.85. The molecule has 0 saturated heterocycles. The molecular formula is C20H21FN4O4S. The van der Waals surface area contributed by atoms with Crippen molar-refractivity contribution in [2.45, 2.75) is 11.8 Å². The monoisotopic (exact) mass is 432 g/mol. The number of halogens is 1. The van der Waals surface area contributed by atoms with Gasteiger partial charge in [0.25, 0.3) is 0 Å². The molecule has 0 aliphatic rings. The molecule has 1 amide bonds. The standard InChI is InChI=1S/C20H21FN4O4S/c1-13-9-16(7-8-18(13)29-3)30(27,28)25(2)12-20(26)22-19-11-17(23-24-19)14-5-4-6-15(21)10-14/h4-11H,12H2,1-3H3,(H2,22,23,24,26). The highest BCUT2D eigenvalue weighted by Crippen LogP contribution is 2.23. The summed E-state index contributed by atoms with van der Waals surface area (Å²) in [7, 11) is -1.05. The number of carbonyl (C=O) groups is 1. The summed E-state index contributed by atoms with van der Waals surface area (Å²) in [4.78, 5) is 12.4. The van der Waals surface area contributed by atoms with Crippen LogP contribution < -0.4 is 10.1 Å². The lowest BCUT2D eigenvalue weighted by Gasteiger charge is -2.17. The molecule has 0 bridgehead atoms. The smallest absolute Gasteiger partial charge is 0.243 e. The highest BCUT2D eigenvalue weighted by atomic mass is 32.2. The molecule has 1 aromatic heterocycles. The molecule has 158 valence electrons. The van der Waals surface area contributed by atoms with E-state index in [1.54, 1.807) is 25.1 Å². The Labute approximate surface area is 173 Å². The summed E-state index contributed by atoms with van der Waals surface area (Å²) in [5.41, 5.74) is 1.75. The molecule has 1 heterocycles. The van der Waals surface area contributed by atoms with E-state index in [2.05, 4.69) is 15.5 Å². The number of nitrogens with zero attached hydrogens (tertiary/aromatic N) is 2. The van der Waals surface area contributed by atoms with Gasteiger partial charge in [-0.2, -0.15) is 9.40 Å². The van der Waals surface area contributed by atoms with E-state index in [0.29, 0.717) is 22.6 Å². The Balaban J connectivity index is 1.68. The van der Waals surface area contributed by atoms with Gasteiger partial charge in [-0.3, -0.25) is 9.89 Å². The fraction of sp³-hybridized carbons (Fsp3) is 0.200. The van der Waals surface area contributed by atoms with E-state index in [1.165, 1.54) is 44.5 Å². The van der Waals surface area contributed by atoms with Gasteiger partial charge in [-0.1, -0.05) is 12.1 Å². The van der Waals surface area contributed by atoms with Gasteiger partial charge in [-0.05, 0) is 42.8 Å². The molecule has 3 rings (SSSR count). The van der Waals surface area contributed by atoms with Gasteiger partial charge in [0.15, 0.2) is 5.82 Å². The number of carbonyl (C=O) groups excluding carboxylic acids is 1. The van der Waals surface area contributed by atoms with Crippen LogP contribution in [0.1, 0.15) is 5.56 Å². The Morgan fingerprint density at radius 1 is 1.23 bits per heavy atom. The molecule has 2 N–H and O–H groups in total. The van der Waals surface area contributed by atoms with Crippen molar-refractivity contribution < 1.29 is 22.3 Å². The van der Waals surface area contributed by atoms with Crippen LogP contribution in [0.25, 0.3) is 11.3 Å². The average molecular weight is 432 g/mol. The number of anilines is 1. The van der Waals surface area contributed by atoms with E-state index >= 15 is 0 Å². The molecular weight excluding hydrogens is 411 g/mol. The van der Waals surface area contributed by atoms with Gasteiger partial charge in [0.05, 0.1) is 24.2 Å². The number of aryl methyl sites for hydroxylation is 1. The van der Waals surface area contributed by atoms with Crippen LogP contribution in [0.3, 0.4) is 0 Å². The number of nitrogens with one attached hydrogen (secondary N) is 2. The lowest BCUT2D eigenvalue weighted by molar-refractivity contribution is -0.116. The minimum absolute atomic E-state index is 0.0595. The molecule has 0 spiro atoms. The van der Waals surface area contributed by atoms with Gasteiger partial charge in [0.1, 0.15) is 11.6 Å². The Morgan fingerprint density at radius 2 is 2.00 bits per heavy atom. The third kappa shape index (κ3) is 4.66. The number of aromatic nitrogens is 2. The SMILES string of the molecule is COc1ccc(S(=O)(=O)N(C)CC(=O)Nc2cc(-c3cccc(F)c3)[nH]n2)cc1C. The minimum Gasteiger partial charge on any atom is -0.496 e. The Hall–Kier alpha value is -3.24. The van der Waals surface area contributed by atoms with Crippen molar-refractivity contribution >= 4 is 21.7 Å². The number of amides is 1. The maximum absolute atomic E-state index is 13.4. The number of aromatic amines is 1. The summed E-state index contributed by atoms with van der Waals surface area (Å²) in [6.45, 7) is 1.33. The molecule has 0 radical (unpaired) electrons. The van der Waals surface area contributed by atoms with Crippen LogP contribution in [0.2, 0.25) is 0 Å². The number of hydrogen-bond donors (Lipinski definition) is 2. The van der Waals surface area contributed by atoms with Crippen molar-refractivity contribution in [3.8, 4) is 17.0 Å². The van der Waals surface area contributed by atoms with Gasteiger partial charge < -0.3 is 10.1 Å². The summed E-state index contributed by atoms with van der Waals surface area (Å²) in [6, 6.07) is 11.9. The topological polar surface area (TPSA) is 104 Å². The largest absolute Gasteiger partial charge is 0.496 e. The minimum atomic E-state index is -3.87. The molecule has 2 aromatic carbocycles. The van der Waals surface area contributed by atoms with Crippen LogP contribution in [0.5, 0.6) is 5.75 Å². The van der Waals surface area contributed by atoms with Crippen molar-refractivity contribution in [2.75, 3.05) is 26.0 Å². The molecule has 3 aromatic rings. The Kier molecular flexibility index (Phi) is 6.18. The first-order valence-electron chi connectivity index (χ1n) is 8.93. The van der Waals surface area contributed by atoms with Gasteiger partial charge in [0, 0.05) is 18.7 Å². The van der Waals surface area contributed by atoms with E-state index < -0.39 is 28.3 Å². The number of rotatable bonds is 7. The summed E-state index contributed by atoms with van der Waals surface area (Å²) >= 11 is 0. The number of H-pyrrole nitrogens is 1. The van der Waals surface area contributed by atoms with Crippen LogP contribution in [-0.4, -0.2) is 49.5 Å². The predicted molar refractivity (Wildman–Crippen MR) is 110 cm³/mol. The lowest BCUT2D eigenvalue weighted by atomic mass is 10.1. The van der Waals surface area contributed by atoms with Crippen LogP contribution in [0.4, 0.5) is 10.2 Å². The maximum atomic E-state index is 13.4. The predicted octanol–water partition coefficient (Wildman–Crippen LogP) is 2.79. The zero-order valence-corrected chi connectivity index (χ0v) is 17.5. The molecule has 10 heteroatoms. The van der Waals surface area contributed by atoms with Crippen molar-refractivity contribution in [3.05, 3.63) is 59.9 Å². The second-order valence-electron chi connectivity index (χ2n) is 6.62. The molecule has 30 heavy (non-hydrogen) atoms. The zero-order valence-electron chi connectivity index (χ0n) is 16.6. The molecule has 8 nitrogen and oxygen atoms in total. The molecule has 0 aliphatic heterocycles. The van der Waals surface area contributed by atoms with Crippen LogP contribution >= 0.6 is 0 Å². The summed E-state index contributed by atoms with van der Waals surface area (Å²) < 4.78 is 44.9. The molecule has 0 atom stereocenters. The molecule has 0 fully saturated rings. The first-order chi connectivity index (χ1) is 14.2. The third-order valence-electron chi connectivity index (χ3n) is 4.42. The van der Waals surface area contributed by atoms with Crippen molar-refractivity contribution in [1.82, 2.24) is 14.5 Å². The maximum Gasteiger partial charge on any atom is 0.243 e. The normalized spacial score (nSPS) is 11.5. The van der Waals surface area contributed by atoms with Crippen molar-refractivity contribution in [1.29, 1.82) is 0 Å². The number of hydrogen-bond acceptors (Lipinski definition) is 5. The highest BCUT2D eigenvalue weighted by Gasteiger charge is 2.24. The number of benzene rings is 2. The van der Waals surface area contributed by atoms with E-state index in [4.69, 9.17) is 4.74 Å². The first-order valence-corrected chi connectivity index (χ1v) is 10.4. The van der Waals surface area contributed by atoms with Gasteiger partial charge >= 0.3 is 0 Å². The van der Waals surface area contributed by atoms with Crippen LogP contribution in [0.15, 0.2) is 53.4 Å². The van der Waals surface area contributed by atoms with Gasteiger partial charge in [0.2, 0.25) is 15.9 Å². The molecule has 0 saturated carbocycles. The number of ether oxygens (including phenoxy) is 1.